The van der Waals surface area contributed by atoms with Crippen molar-refractivity contribution in [2.24, 2.45) is 5.92 Å². The van der Waals surface area contributed by atoms with Crippen LogP contribution in [-0.2, 0) is 14.8 Å². The van der Waals surface area contributed by atoms with Crippen LogP contribution in [0.25, 0.3) is 0 Å². The highest BCUT2D eigenvalue weighted by Gasteiger charge is 2.38. The molecule has 0 saturated heterocycles. The van der Waals surface area contributed by atoms with Gasteiger partial charge in [0.25, 0.3) is 0 Å². The third kappa shape index (κ3) is 6.14. The fourth-order valence-corrected chi connectivity index (χ4v) is 5.56. The summed E-state index contributed by atoms with van der Waals surface area (Å²) >= 11 is 0. The van der Waals surface area contributed by atoms with E-state index in [-0.39, 0.29) is 35.6 Å². The van der Waals surface area contributed by atoms with Gasteiger partial charge >= 0.3 is 0 Å². The Morgan fingerprint density at radius 1 is 1.23 bits per heavy atom. The van der Waals surface area contributed by atoms with Crippen molar-refractivity contribution in [3.05, 3.63) is 53.6 Å². The Morgan fingerprint density at radius 2 is 1.86 bits per heavy atom. The number of hydrogen-bond acceptors (Lipinski definition) is 6. The second-order valence-electron chi connectivity index (χ2n) is 8.78. The Labute approximate surface area is 207 Å². The Balaban J connectivity index is 2.05. The molecule has 8 nitrogen and oxygen atoms in total. The molecule has 1 aliphatic rings. The largest absolute Gasteiger partial charge is 0.497 e. The summed E-state index contributed by atoms with van der Waals surface area (Å²) in [5.41, 5.74) is 1.37. The van der Waals surface area contributed by atoms with Gasteiger partial charge in [-0.3, -0.25) is 4.79 Å². The predicted octanol–water partition coefficient (Wildman–Crippen LogP) is 2.34. The van der Waals surface area contributed by atoms with E-state index in [9.17, 15) is 18.3 Å². The normalized spacial score (nSPS) is 20.2. The maximum atomic E-state index is 13.5. The molecule has 0 saturated carbocycles. The van der Waals surface area contributed by atoms with Gasteiger partial charge in [0, 0.05) is 43.6 Å². The van der Waals surface area contributed by atoms with Gasteiger partial charge in [-0.2, -0.15) is 4.31 Å². The van der Waals surface area contributed by atoms with E-state index < -0.39 is 22.2 Å². The van der Waals surface area contributed by atoms with E-state index in [0.717, 1.165) is 11.3 Å². The van der Waals surface area contributed by atoms with Crippen molar-refractivity contribution >= 4 is 15.9 Å². The van der Waals surface area contributed by atoms with Crippen molar-refractivity contribution in [1.29, 1.82) is 0 Å². The maximum Gasteiger partial charge on any atom is 0.247 e. The van der Waals surface area contributed by atoms with Gasteiger partial charge in [0.05, 0.1) is 20.3 Å². The molecule has 9 heteroatoms. The quantitative estimate of drug-likeness (QED) is 0.633. The third-order valence-electron chi connectivity index (χ3n) is 6.10. The number of rotatable bonds is 5. The van der Waals surface area contributed by atoms with E-state index in [1.54, 1.807) is 38.1 Å². The fourth-order valence-electron chi connectivity index (χ4n) is 3.74. The Bertz CT molecular complexity index is 1220. The van der Waals surface area contributed by atoms with Crippen molar-refractivity contribution in [2.45, 2.75) is 37.8 Å². The van der Waals surface area contributed by atoms with Crippen LogP contribution in [0.4, 0.5) is 0 Å². The smallest absolute Gasteiger partial charge is 0.247 e. The number of likely N-dealkylation sites (N-methyl/N-ethyl adjacent to an activating group) is 1. The second-order valence-corrected chi connectivity index (χ2v) is 10.6. The van der Waals surface area contributed by atoms with Crippen molar-refractivity contribution in [3.63, 3.8) is 0 Å². The molecule has 3 atom stereocenters. The first-order valence-corrected chi connectivity index (χ1v) is 12.8. The van der Waals surface area contributed by atoms with Crippen LogP contribution in [0.1, 0.15) is 31.9 Å². The molecule has 0 aliphatic carbocycles. The molecule has 0 spiro atoms. The number of amides is 1. The van der Waals surface area contributed by atoms with Crippen LogP contribution in [0.5, 0.6) is 11.5 Å². The molecule has 1 heterocycles. The number of sulfonamides is 1. The number of aliphatic hydroxyl groups is 1. The van der Waals surface area contributed by atoms with Crippen LogP contribution in [0.15, 0.2) is 47.4 Å². The summed E-state index contributed by atoms with van der Waals surface area (Å²) in [5, 5.41) is 9.74. The molecule has 3 rings (SSSR count). The zero-order valence-electron chi connectivity index (χ0n) is 20.7. The topological polar surface area (TPSA) is 96.4 Å². The minimum atomic E-state index is -3.94. The van der Waals surface area contributed by atoms with Crippen molar-refractivity contribution in [1.82, 2.24) is 9.21 Å². The average Bonchev–Trinajstić information content (AvgIpc) is 2.84. The number of methoxy groups -OCH3 is 1. The van der Waals surface area contributed by atoms with Crippen molar-refractivity contribution in [2.75, 3.05) is 33.9 Å². The van der Waals surface area contributed by atoms with Crippen molar-refractivity contribution in [3.8, 4) is 23.3 Å². The van der Waals surface area contributed by atoms with Gasteiger partial charge in [-0.25, -0.2) is 8.42 Å². The summed E-state index contributed by atoms with van der Waals surface area (Å²) in [6, 6.07) is 11.4. The van der Waals surface area contributed by atoms with Crippen LogP contribution in [0, 0.1) is 17.8 Å². The van der Waals surface area contributed by atoms with Crippen LogP contribution >= 0.6 is 0 Å². The molecule has 0 bridgehead atoms. The second kappa shape index (κ2) is 11.1. The third-order valence-corrected chi connectivity index (χ3v) is 8.12. The summed E-state index contributed by atoms with van der Waals surface area (Å²) in [5.74, 6) is 6.66. The first kappa shape index (κ1) is 26.5. The average molecular weight is 501 g/mol. The summed E-state index contributed by atoms with van der Waals surface area (Å²) in [6.07, 6.45) is -0.462. The van der Waals surface area contributed by atoms with Crippen LogP contribution < -0.4 is 9.47 Å². The predicted molar refractivity (Wildman–Crippen MR) is 133 cm³/mol. The highest BCUT2D eigenvalue weighted by molar-refractivity contribution is 7.89. The molecule has 0 radical (unpaired) electrons. The number of fused-ring (bicyclic) bond motifs is 1. The summed E-state index contributed by atoms with van der Waals surface area (Å²) in [4.78, 5) is 13.4. The molecule has 0 aromatic heterocycles. The Hall–Kier alpha value is -3.06. The molecular formula is C26H32N2O6S. The molecule has 1 amide bonds. The van der Waals surface area contributed by atoms with Gasteiger partial charge in [-0.15, -0.1) is 0 Å². The van der Waals surface area contributed by atoms with Gasteiger partial charge in [-0.1, -0.05) is 18.8 Å². The number of carbonyl (C=O) groups excluding carboxylic acids is 1. The SMILES string of the molecule is COc1ccc(C#Cc2ccc3c(c2)O[C@H](CN(C)C(C)=O)[C@H](C)CN([C@H](C)CO)S3(=O)=O)cc1. The number of carbonyl (C=O) groups is 1. The first-order chi connectivity index (χ1) is 16.6. The van der Waals surface area contributed by atoms with E-state index in [4.69, 9.17) is 9.47 Å². The Morgan fingerprint density at radius 3 is 2.46 bits per heavy atom. The number of aliphatic hydroxyl groups excluding tert-OH is 1. The molecule has 0 unspecified atom stereocenters. The number of nitrogens with zero attached hydrogens (tertiary/aromatic N) is 2. The zero-order valence-corrected chi connectivity index (χ0v) is 21.5. The lowest BCUT2D eigenvalue weighted by atomic mass is 10.0. The number of benzene rings is 2. The Kier molecular flexibility index (Phi) is 8.43. The van der Waals surface area contributed by atoms with Gasteiger partial charge < -0.3 is 19.5 Å². The van der Waals surface area contributed by atoms with E-state index in [2.05, 4.69) is 11.8 Å². The lowest BCUT2D eigenvalue weighted by molar-refractivity contribution is -0.129. The fraction of sp³-hybridized carbons (Fsp3) is 0.423. The standard InChI is InChI=1S/C26H32N2O6S/c1-18-15-28(19(2)17-29)35(31,32)26-13-10-22(7-6-21-8-11-23(33-5)12-9-21)14-24(26)34-25(18)16-27(4)20(3)30/h8-14,18-19,25,29H,15-17H2,1-5H3/t18-,19-,25-/m1/s1. The van der Waals surface area contributed by atoms with Crippen LogP contribution in [-0.4, -0.2) is 74.6 Å². The molecule has 188 valence electrons. The van der Waals surface area contributed by atoms with Gasteiger partial charge in [-0.05, 0) is 49.4 Å². The zero-order chi connectivity index (χ0) is 25.8. The summed E-state index contributed by atoms with van der Waals surface area (Å²) in [6.45, 7) is 5.14. The highest BCUT2D eigenvalue weighted by atomic mass is 32.2. The molecule has 2 aromatic rings. The van der Waals surface area contributed by atoms with E-state index in [1.807, 2.05) is 31.2 Å². The number of hydrogen-bond donors (Lipinski definition) is 1. The summed E-state index contributed by atoms with van der Waals surface area (Å²) < 4.78 is 39.8. The van der Waals surface area contributed by atoms with Crippen molar-refractivity contribution < 1.29 is 27.8 Å². The minimum Gasteiger partial charge on any atom is -0.497 e. The van der Waals surface area contributed by atoms with Crippen LogP contribution in [0.2, 0.25) is 0 Å². The molecular weight excluding hydrogens is 468 g/mol. The van der Waals surface area contributed by atoms with Crippen LogP contribution in [0.3, 0.4) is 0 Å². The molecule has 35 heavy (non-hydrogen) atoms. The first-order valence-electron chi connectivity index (χ1n) is 11.4. The molecule has 1 N–H and O–H groups in total. The monoisotopic (exact) mass is 500 g/mol. The minimum absolute atomic E-state index is 0.00942. The molecule has 2 aromatic carbocycles. The van der Waals surface area contributed by atoms with Gasteiger partial charge in [0.1, 0.15) is 22.5 Å². The van der Waals surface area contributed by atoms with Gasteiger partial charge in [0.15, 0.2) is 0 Å². The van der Waals surface area contributed by atoms with E-state index in [0.29, 0.717) is 12.1 Å². The number of ether oxygens (including phenoxy) is 2. The lowest BCUT2D eigenvalue weighted by Gasteiger charge is -2.37. The molecule has 0 fully saturated rings. The highest BCUT2D eigenvalue weighted by Crippen LogP contribution is 2.34. The van der Waals surface area contributed by atoms with E-state index >= 15 is 0 Å². The maximum absolute atomic E-state index is 13.5. The lowest BCUT2D eigenvalue weighted by Crippen LogP contribution is -2.50. The summed E-state index contributed by atoms with van der Waals surface area (Å²) in [7, 11) is -0.666. The van der Waals surface area contributed by atoms with E-state index in [1.165, 1.54) is 17.3 Å². The molecule has 1 aliphatic heterocycles. The van der Waals surface area contributed by atoms with Gasteiger partial charge in [0.2, 0.25) is 15.9 Å².